The maximum absolute atomic E-state index is 9.15. The molecule has 3 heteroatoms. The summed E-state index contributed by atoms with van der Waals surface area (Å²) >= 11 is 3.21. The van der Waals surface area contributed by atoms with Crippen molar-refractivity contribution in [1.82, 2.24) is 0 Å². The van der Waals surface area contributed by atoms with Gasteiger partial charge in [0.25, 0.3) is 0 Å². The third-order valence-corrected chi connectivity index (χ3v) is 2.95. The maximum Gasteiger partial charge on any atom is 0.175 e. The summed E-state index contributed by atoms with van der Waals surface area (Å²) in [4.78, 5) is -0.126. The Kier molecular flexibility index (Phi) is 2.14. The van der Waals surface area contributed by atoms with E-state index in [0.717, 1.165) is 19.3 Å². The van der Waals surface area contributed by atoms with Gasteiger partial charge in [-0.2, -0.15) is 0 Å². The summed E-state index contributed by atoms with van der Waals surface area (Å²) in [6.45, 7) is 0. The Balaban J connectivity index is 2.49. The molecule has 1 fully saturated rings. The van der Waals surface area contributed by atoms with Gasteiger partial charge in [-0.3, -0.25) is 0 Å². The van der Waals surface area contributed by atoms with Gasteiger partial charge >= 0.3 is 0 Å². The third-order valence-electron chi connectivity index (χ3n) is 1.75. The molecule has 1 rings (SSSR count). The van der Waals surface area contributed by atoms with E-state index in [1.807, 2.05) is 0 Å². The molecule has 0 amide bonds. The number of halogens is 1. The smallest absolute Gasteiger partial charge is 0.175 e. The molecule has 0 bridgehead atoms. The van der Waals surface area contributed by atoms with E-state index in [0.29, 0.717) is 6.42 Å². The fourth-order valence-electron chi connectivity index (χ4n) is 1.10. The first-order chi connectivity index (χ1) is 4.13. The molecule has 0 aromatic carbocycles. The Labute approximate surface area is 63.0 Å². The topological polar surface area (TPSA) is 40.5 Å². The van der Waals surface area contributed by atoms with E-state index >= 15 is 0 Å². The molecule has 2 nitrogen and oxygen atoms in total. The largest absolute Gasteiger partial charge is 0.365 e. The molecule has 1 aliphatic carbocycles. The van der Waals surface area contributed by atoms with Crippen molar-refractivity contribution in [3.05, 3.63) is 0 Å². The summed E-state index contributed by atoms with van der Waals surface area (Å²) in [5.74, 6) is -1.45. The molecule has 1 atom stereocenters. The van der Waals surface area contributed by atoms with Crippen molar-refractivity contribution >= 4 is 15.9 Å². The summed E-state index contributed by atoms with van der Waals surface area (Å²) in [6, 6.07) is 0. The van der Waals surface area contributed by atoms with E-state index < -0.39 is 5.79 Å². The minimum Gasteiger partial charge on any atom is -0.365 e. The third kappa shape index (κ3) is 1.66. The van der Waals surface area contributed by atoms with E-state index in [-0.39, 0.29) is 4.83 Å². The van der Waals surface area contributed by atoms with E-state index in [9.17, 15) is 0 Å². The minimum absolute atomic E-state index is 0.126. The van der Waals surface area contributed by atoms with E-state index in [1.54, 1.807) is 0 Å². The molecule has 0 radical (unpaired) electrons. The highest BCUT2D eigenvalue weighted by Gasteiger charge is 2.34. The molecule has 0 aliphatic heterocycles. The van der Waals surface area contributed by atoms with Crippen LogP contribution in [0.25, 0.3) is 0 Å². The first-order valence-corrected chi connectivity index (χ1v) is 4.13. The highest BCUT2D eigenvalue weighted by Crippen LogP contribution is 2.31. The second-order valence-corrected chi connectivity index (χ2v) is 3.70. The van der Waals surface area contributed by atoms with Crippen LogP contribution < -0.4 is 0 Å². The van der Waals surface area contributed by atoms with Gasteiger partial charge < -0.3 is 10.2 Å². The average Bonchev–Trinajstić information content (AvgIpc) is 1.77. The Hall–Kier alpha value is 0.400. The highest BCUT2D eigenvalue weighted by atomic mass is 79.9. The van der Waals surface area contributed by atoms with Gasteiger partial charge in [-0.05, 0) is 12.8 Å². The summed E-state index contributed by atoms with van der Waals surface area (Å²) in [5, 5.41) is 18.3. The van der Waals surface area contributed by atoms with Crippen LogP contribution in [0.1, 0.15) is 25.7 Å². The minimum atomic E-state index is -1.45. The lowest BCUT2D eigenvalue weighted by molar-refractivity contribution is -0.173. The van der Waals surface area contributed by atoms with Gasteiger partial charge in [0.2, 0.25) is 0 Å². The lowest BCUT2D eigenvalue weighted by Crippen LogP contribution is -2.40. The van der Waals surface area contributed by atoms with Crippen molar-refractivity contribution in [2.24, 2.45) is 0 Å². The second-order valence-electron chi connectivity index (χ2n) is 2.59. The van der Waals surface area contributed by atoms with Crippen LogP contribution in [0.15, 0.2) is 0 Å². The normalized spacial score (nSPS) is 34.3. The molecule has 1 unspecified atom stereocenters. The number of hydrogen-bond donors (Lipinski definition) is 2. The molecule has 1 saturated carbocycles. The van der Waals surface area contributed by atoms with Gasteiger partial charge in [0, 0.05) is 6.42 Å². The molecule has 0 saturated heterocycles. The molecule has 2 N–H and O–H groups in total. The zero-order chi connectivity index (χ0) is 6.91. The van der Waals surface area contributed by atoms with E-state index in [2.05, 4.69) is 15.9 Å². The summed E-state index contributed by atoms with van der Waals surface area (Å²) in [5.41, 5.74) is 0. The van der Waals surface area contributed by atoms with Crippen molar-refractivity contribution in [3.8, 4) is 0 Å². The van der Waals surface area contributed by atoms with Crippen molar-refractivity contribution < 1.29 is 10.2 Å². The first-order valence-electron chi connectivity index (χ1n) is 3.22. The summed E-state index contributed by atoms with van der Waals surface area (Å²) in [7, 11) is 0. The molecule has 9 heavy (non-hydrogen) atoms. The van der Waals surface area contributed by atoms with Gasteiger partial charge in [-0.1, -0.05) is 22.4 Å². The van der Waals surface area contributed by atoms with Crippen LogP contribution in [-0.2, 0) is 0 Å². The van der Waals surface area contributed by atoms with Gasteiger partial charge in [-0.15, -0.1) is 0 Å². The van der Waals surface area contributed by atoms with Crippen molar-refractivity contribution in [2.75, 3.05) is 0 Å². The lowest BCUT2D eigenvalue weighted by Gasteiger charge is -2.31. The van der Waals surface area contributed by atoms with Crippen LogP contribution in [0.5, 0.6) is 0 Å². The van der Waals surface area contributed by atoms with Gasteiger partial charge in [0.1, 0.15) is 0 Å². The molecular weight excluding hydrogens is 184 g/mol. The van der Waals surface area contributed by atoms with Gasteiger partial charge in [0.05, 0.1) is 4.83 Å². The molecule has 0 aromatic rings. The molecule has 1 aliphatic rings. The first kappa shape index (κ1) is 7.51. The Morgan fingerprint density at radius 1 is 1.33 bits per heavy atom. The standard InChI is InChI=1S/C6H11BrO2/c7-5-3-1-2-4-6(5,8)9/h5,8-9H,1-4H2. The molecule has 0 heterocycles. The fraction of sp³-hybridized carbons (Fsp3) is 1.00. The lowest BCUT2D eigenvalue weighted by atomic mass is 9.94. The highest BCUT2D eigenvalue weighted by molar-refractivity contribution is 9.09. The Bertz CT molecular complexity index is 103. The predicted molar refractivity (Wildman–Crippen MR) is 38.4 cm³/mol. The van der Waals surface area contributed by atoms with Crippen LogP contribution >= 0.6 is 15.9 Å². The van der Waals surface area contributed by atoms with E-state index in [4.69, 9.17) is 10.2 Å². The monoisotopic (exact) mass is 194 g/mol. The number of rotatable bonds is 0. The van der Waals surface area contributed by atoms with Crippen LogP contribution in [0, 0.1) is 0 Å². The summed E-state index contributed by atoms with van der Waals surface area (Å²) < 4.78 is 0. The summed E-state index contributed by atoms with van der Waals surface area (Å²) in [6.07, 6.45) is 3.39. The number of alkyl halides is 1. The maximum atomic E-state index is 9.15. The van der Waals surface area contributed by atoms with Crippen molar-refractivity contribution in [3.63, 3.8) is 0 Å². The molecule has 54 valence electrons. The molecule has 0 aromatic heterocycles. The predicted octanol–water partition coefficient (Wildman–Crippen LogP) is 1.00. The van der Waals surface area contributed by atoms with Crippen molar-refractivity contribution in [1.29, 1.82) is 0 Å². The van der Waals surface area contributed by atoms with Crippen molar-refractivity contribution in [2.45, 2.75) is 36.3 Å². The number of hydrogen-bond acceptors (Lipinski definition) is 2. The average molecular weight is 195 g/mol. The van der Waals surface area contributed by atoms with Crippen LogP contribution in [0.2, 0.25) is 0 Å². The van der Waals surface area contributed by atoms with Gasteiger partial charge in [-0.25, -0.2) is 0 Å². The Morgan fingerprint density at radius 3 is 2.33 bits per heavy atom. The second kappa shape index (κ2) is 2.56. The van der Waals surface area contributed by atoms with Crippen LogP contribution in [0.4, 0.5) is 0 Å². The SMILES string of the molecule is OC1(O)CCCCC1Br. The van der Waals surface area contributed by atoms with Gasteiger partial charge in [0.15, 0.2) is 5.79 Å². The fourth-order valence-corrected chi connectivity index (χ4v) is 1.65. The zero-order valence-electron chi connectivity index (χ0n) is 5.18. The van der Waals surface area contributed by atoms with E-state index in [1.165, 1.54) is 0 Å². The van der Waals surface area contributed by atoms with Crippen LogP contribution in [0.3, 0.4) is 0 Å². The number of aliphatic hydroxyl groups is 2. The quantitative estimate of drug-likeness (QED) is 0.447. The molecule has 0 spiro atoms. The zero-order valence-corrected chi connectivity index (χ0v) is 6.76. The Morgan fingerprint density at radius 2 is 2.00 bits per heavy atom. The molecular formula is C6H11BrO2. The van der Waals surface area contributed by atoms with Crippen LogP contribution in [-0.4, -0.2) is 20.8 Å².